The summed E-state index contributed by atoms with van der Waals surface area (Å²) < 4.78 is 5.29. The van der Waals surface area contributed by atoms with E-state index in [2.05, 4.69) is 17.5 Å². The van der Waals surface area contributed by atoms with E-state index >= 15 is 0 Å². The molecule has 2 rings (SSSR count). The van der Waals surface area contributed by atoms with Gasteiger partial charge >= 0.3 is 0 Å². The zero-order chi connectivity index (χ0) is 10.5. The van der Waals surface area contributed by atoms with Crippen LogP contribution in [-0.4, -0.2) is 24.4 Å². The fourth-order valence-corrected chi connectivity index (χ4v) is 2.81. The third kappa shape index (κ3) is 3.30. The number of hydrogen-bond donors (Lipinski definition) is 1. The predicted octanol–water partition coefficient (Wildman–Crippen LogP) is 2.47. The average Bonchev–Trinajstić information content (AvgIpc) is 2.80. The summed E-state index contributed by atoms with van der Waals surface area (Å²) in [6.45, 7) is 1.64. The molecule has 15 heavy (non-hydrogen) atoms. The topological polar surface area (TPSA) is 29.5 Å². The Kier molecular flexibility index (Phi) is 4.18. The number of hydrogen-bond acceptors (Lipinski definition) is 3. The van der Waals surface area contributed by atoms with Crippen LogP contribution in [0.2, 0.25) is 0 Å². The largest absolute Gasteiger partial charge is 0.393 e. The van der Waals surface area contributed by atoms with E-state index in [1.165, 1.54) is 4.88 Å². The summed E-state index contributed by atoms with van der Waals surface area (Å²) in [7, 11) is 0. The molecule has 0 aromatic carbocycles. The summed E-state index contributed by atoms with van der Waals surface area (Å²) in [6, 6.07) is 4.21. The van der Waals surface area contributed by atoms with E-state index in [-0.39, 0.29) is 6.10 Å². The van der Waals surface area contributed by atoms with Crippen molar-refractivity contribution in [2.45, 2.75) is 31.8 Å². The number of thiophene rings is 1. The number of ether oxygens (including phenoxy) is 1. The molecule has 0 bridgehead atoms. The van der Waals surface area contributed by atoms with E-state index < -0.39 is 0 Å². The van der Waals surface area contributed by atoms with Crippen molar-refractivity contribution in [3.05, 3.63) is 22.4 Å². The van der Waals surface area contributed by atoms with E-state index in [9.17, 15) is 5.11 Å². The zero-order valence-corrected chi connectivity index (χ0v) is 9.71. The van der Waals surface area contributed by atoms with Gasteiger partial charge in [0.05, 0.1) is 6.10 Å². The van der Waals surface area contributed by atoms with E-state index in [0.717, 1.165) is 38.9 Å². The summed E-state index contributed by atoms with van der Waals surface area (Å²) in [5, 5.41) is 12.1. The molecule has 0 amide bonds. The van der Waals surface area contributed by atoms with Crippen LogP contribution in [0.15, 0.2) is 17.5 Å². The first-order valence-corrected chi connectivity index (χ1v) is 6.52. The molecule has 0 aliphatic carbocycles. The minimum atomic E-state index is -0.143. The Hall–Kier alpha value is -0.380. The molecule has 1 N–H and O–H groups in total. The quantitative estimate of drug-likeness (QED) is 0.854. The van der Waals surface area contributed by atoms with Crippen LogP contribution < -0.4 is 0 Å². The first-order chi connectivity index (χ1) is 7.36. The highest BCUT2D eigenvalue weighted by Crippen LogP contribution is 2.22. The van der Waals surface area contributed by atoms with Crippen molar-refractivity contribution < 1.29 is 9.84 Å². The van der Waals surface area contributed by atoms with Crippen molar-refractivity contribution in [3.8, 4) is 0 Å². The van der Waals surface area contributed by atoms with Crippen LogP contribution >= 0.6 is 11.3 Å². The van der Waals surface area contributed by atoms with Crippen molar-refractivity contribution in [2.24, 2.45) is 5.92 Å². The normalized spacial score (nSPS) is 20.3. The summed E-state index contributed by atoms with van der Waals surface area (Å²) in [4.78, 5) is 1.38. The maximum absolute atomic E-state index is 10.0. The Labute approximate surface area is 94.9 Å². The lowest BCUT2D eigenvalue weighted by atomic mass is 9.91. The second-order valence-corrected chi connectivity index (χ2v) is 5.17. The molecule has 0 radical (unpaired) electrons. The number of aryl methyl sites for hydroxylation is 1. The fourth-order valence-electron chi connectivity index (χ4n) is 2.08. The maximum Gasteiger partial charge on any atom is 0.0573 e. The van der Waals surface area contributed by atoms with Gasteiger partial charge in [-0.3, -0.25) is 0 Å². The van der Waals surface area contributed by atoms with Crippen LogP contribution in [0.4, 0.5) is 0 Å². The van der Waals surface area contributed by atoms with Crippen LogP contribution in [0.3, 0.4) is 0 Å². The molecule has 1 aliphatic rings. The summed E-state index contributed by atoms with van der Waals surface area (Å²) in [5.41, 5.74) is 0. The highest BCUT2D eigenvalue weighted by atomic mass is 32.1. The number of aliphatic hydroxyl groups excluding tert-OH is 1. The van der Waals surface area contributed by atoms with E-state index in [1.807, 2.05) is 0 Å². The Morgan fingerprint density at radius 2 is 2.27 bits per heavy atom. The van der Waals surface area contributed by atoms with Gasteiger partial charge in [-0.15, -0.1) is 11.3 Å². The second kappa shape index (κ2) is 5.64. The fraction of sp³-hybridized carbons (Fsp3) is 0.667. The van der Waals surface area contributed by atoms with Gasteiger partial charge in [-0.25, -0.2) is 0 Å². The van der Waals surface area contributed by atoms with Crippen molar-refractivity contribution in [2.75, 3.05) is 13.2 Å². The van der Waals surface area contributed by atoms with Gasteiger partial charge in [-0.05, 0) is 43.0 Å². The van der Waals surface area contributed by atoms with Gasteiger partial charge in [-0.2, -0.15) is 0 Å². The molecule has 0 spiro atoms. The van der Waals surface area contributed by atoms with Crippen molar-refractivity contribution in [1.82, 2.24) is 0 Å². The van der Waals surface area contributed by atoms with Crippen molar-refractivity contribution >= 4 is 11.3 Å². The van der Waals surface area contributed by atoms with Crippen molar-refractivity contribution in [3.63, 3.8) is 0 Å². The lowest BCUT2D eigenvalue weighted by Gasteiger charge is -2.26. The third-order valence-electron chi connectivity index (χ3n) is 3.08. The van der Waals surface area contributed by atoms with Gasteiger partial charge in [-0.1, -0.05) is 6.07 Å². The molecule has 1 fully saturated rings. The standard InChI is InChI=1S/C12H18O2S/c13-12(10-5-7-14-8-6-10)4-3-11-2-1-9-15-11/h1-2,9-10,12-13H,3-8H2. The molecule has 1 aromatic rings. The maximum atomic E-state index is 10.0. The van der Waals surface area contributed by atoms with E-state index in [0.29, 0.717) is 5.92 Å². The van der Waals surface area contributed by atoms with Gasteiger partial charge in [0.25, 0.3) is 0 Å². The lowest BCUT2D eigenvalue weighted by molar-refractivity contribution is 0.00523. The van der Waals surface area contributed by atoms with Crippen molar-refractivity contribution in [1.29, 1.82) is 0 Å². The molecule has 1 atom stereocenters. The zero-order valence-electron chi connectivity index (χ0n) is 8.89. The number of rotatable bonds is 4. The van der Waals surface area contributed by atoms with Gasteiger partial charge in [0, 0.05) is 18.1 Å². The summed E-state index contributed by atoms with van der Waals surface area (Å²) >= 11 is 1.78. The molecule has 1 unspecified atom stereocenters. The first-order valence-electron chi connectivity index (χ1n) is 5.64. The molecule has 1 aromatic heterocycles. The number of aliphatic hydroxyl groups is 1. The Morgan fingerprint density at radius 1 is 1.47 bits per heavy atom. The molecular weight excluding hydrogens is 208 g/mol. The van der Waals surface area contributed by atoms with Gasteiger partial charge in [0.1, 0.15) is 0 Å². The first kappa shape index (κ1) is 11.1. The summed E-state index contributed by atoms with van der Waals surface area (Å²) in [6.07, 6.45) is 3.80. The van der Waals surface area contributed by atoms with E-state index in [1.54, 1.807) is 11.3 Å². The highest BCUT2D eigenvalue weighted by Gasteiger charge is 2.21. The molecular formula is C12H18O2S. The monoisotopic (exact) mass is 226 g/mol. The van der Waals surface area contributed by atoms with Gasteiger partial charge < -0.3 is 9.84 Å². The smallest absolute Gasteiger partial charge is 0.0573 e. The van der Waals surface area contributed by atoms with Crippen LogP contribution in [-0.2, 0) is 11.2 Å². The van der Waals surface area contributed by atoms with E-state index in [4.69, 9.17) is 4.74 Å². The molecule has 84 valence electrons. The third-order valence-corrected chi connectivity index (χ3v) is 4.01. The second-order valence-electron chi connectivity index (χ2n) is 4.14. The Balaban J connectivity index is 1.74. The molecule has 1 aliphatic heterocycles. The predicted molar refractivity (Wildman–Crippen MR) is 62.2 cm³/mol. The highest BCUT2D eigenvalue weighted by molar-refractivity contribution is 7.09. The molecule has 3 heteroatoms. The Morgan fingerprint density at radius 3 is 2.93 bits per heavy atom. The van der Waals surface area contributed by atoms with Crippen LogP contribution in [0, 0.1) is 5.92 Å². The summed E-state index contributed by atoms with van der Waals surface area (Å²) in [5.74, 6) is 0.457. The minimum Gasteiger partial charge on any atom is -0.393 e. The molecule has 0 saturated carbocycles. The van der Waals surface area contributed by atoms with Crippen LogP contribution in [0.5, 0.6) is 0 Å². The molecule has 1 saturated heterocycles. The average molecular weight is 226 g/mol. The minimum absolute atomic E-state index is 0.143. The molecule has 2 nitrogen and oxygen atoms in total. The lowest BCUT2D eigenvalue weighted by Crippen LogP contribution is -2.27. The van der Waals surface area contributed by atoms with Crippen LogP contribution in [0.25, 0.3) is 0 Å². The Bertz CT molecular complexity index is 265. The SMILES string of the molecule is OC(CCc1cccs1)C1CCOCC1. The van der Waals surface area contributed by atoms with Gasteiger partial charge in [0.15, 0.2) is 0 Å². The molecule has 2 heterocycles. The van der Waals surface area contributed by atoms with Gasteiger partial charge in [0.2, 0.25) is 0 Å². The van der Waals surface area contributed by atoms with Crippen LogP contribution in [0.1, 0.15) is 24.1 Å².